The number of pyridine rings is 1. The summed E-state index contributed by atoms with van der Waals surface area (Å²) < 4.78 is 5.32. The van der Waals surface area contributed by atoms with Crippen molar-refractivity contribution in [3.05, 3.63) is 41.1 Å². The van der Waals surface area contributed by atoms with E-state index in [2.05, 4.69) is 31.6 Å². The molecule has 0 radical (unpaired) electrons. The molecule has 2 heterocycles. The van der Waals surface area contributed by atoms with E-state index in [1.807, 2.05) is 19.2 Å². The Kier molecular flexibility index (Phi) is 9.09. The van der Waals surface area contributed by atoms with Gasteiger partial charge in [0.05, 0.1) is 11.5 Å². The van der Waals surface area contributed by atoms with E-state index in [9.17, 15) is 19.6 Å². The molecule has 2 N–H and O–H groups in total. The van der Waals surface area contributed by atoms with Gasteiger partial charge >= 0.3 is 5.76 Å². The SMILES string of the molecule is CN(C)C(=O)CCC(Nc1nc(=O)oc2cc3cnccc3cc12)C(=O)NC(C#N)CN(C)C1CCCCC1. The number of likely N-dealkylation sites (N-methyl/N-ethyl adjacent to an activating group) is 1. The first-order chi connectivity index (χ1) is 18.7. The first-order valence-electron chi connectivity index (χ1n) is 13.3. The fourth-order valence-corrected chi connectivity index (χ4v) is 5.04. The summed E-state index contributed by atoms with van der Waals surface area (Å²) in [4.78, 5) is 49.8. The third-order valence-corrected chi connectivity index (χ3v) is 7.31. The molecule has 11 nitrogen and oxygen atoms in total. The maximum absolute atomic E-state index is 13.5. The highest BCUT2D eigenvalue weighted by molar-refractivity contribution is 6.00. The summed E-state index contributed by atoms with van der Waals surface area (Å²) >= 11 is 0. The standard InChI is InChI=1S/C28H35N7O4/c1-34(2)25(36)10-9-23(27(37)31-20(15-29)17-35(3)21-7-5-4-6-8-21)32-26-22-13-18-11-12-30-16-19(18)14-24(22)39-28(38)33-26/h11-14,16,20-21,23H,4-10,17H2,1-3H3,(H,31,37)(H,32,33,38). The lowest BCUT2D eigenvalue weighted by Gasteiger charge is -2.32. The van der Waals surface area contributed by atoms with Crippen LogP contribution in [0.15, 0.2) is 39.8 Å². The second-order valence-corrected chi connectivity index (χ2v) is 10.3. The Balaban J connectivity index is 1.58. The Bertz CT molecular complexity index is 1420. The molecule has 2 unspecified atom stereocenters. The molecule has 1 saturated carbocycles. The zero-order chi connectivity index (χ0) is 27.9. The second-order valence-electron chi connectivity index (χ2n) is 10.3. The van der Waals surface area contributed by atoms with Crippen molar-refractivity contribution in [2.24, 2.45) is 0 Å². The summed E-state index contributed by atoms with van der Waals surface area (Å²) in [6.07, 6.45) is 9.28. The number of carbonyl (C=O) groups excluding carboxylic acids is 2. The molecule has 1 aromatic carbocycles. The highest BCUT2D eigenvalue weighted by Gasteiger charge is 2.27. The largest absolute Gasteiger partial charge is 0.441 e. The zero-order valence-electron chi connectivity index (χ0n) is 22.6. The number of hydrogen-bond donors (Lipinski definition) is 2. The van der Waals surface area contributed by atoms with Crippen molar-refractivity contribution in [3.63, 3.8) is 0 Å². The zero-order valence-corrected chi connectivity index (χ0v) is 22.6. The normalized spacial score (nSPS) is 15.6. The Hall–Kier alpha value is -4.04. The molecule has 3 aromatic rings. The molecule has 0 spiro atoms. The third kappa shape index (κ3) is 7.09. The summed E-state index contributed by atoms with van der Waals surface area (Å²) in [6, 6.07) is 6.26. The number of anilines is 1. The minimum absolute atomic E-state index is 0.0885. The van der Waals surface area contributed by atoms with Gasteiger partial charge in [-0.15, -0.1) is 0 Å². The van der Waals surface area contributed by atoms with Gasteiger partial charge in [0.2, 0.25) is 11.8 Å². The fourth-order valence-electron chi connectivity index (χ4n) is 5.04. The molecular weight excluding hydrogens is 498 g/mol. The van der Waals surface area contributed by atoms with Gasteiger partial charge in [-0.2, -0.15) is 10.2 Å². The van der Waals surface area contributed by atoms with Crippen LogP contribution >= 0.6 is 0 Å². The Morgan fingerprint density at radius 3 is 2.67 bits per heavy atom. The molecule has 2 amide bonds. The minimum atomic E-state index is -0.921. The van der Waals surface area contributed by atoms with Gasteiger partial charge in [-0.05, 0) is 49.9 Å². The number of benzene rings is 1. The molecule has 39 heavy (non-hydrogen) atoms. The van der Waals surface area contributed by atoms with E-state index in [4.69, 9.17) is 4.42 Å². The van der Waals surface area contributed by atoms with Crippen LogP contribution in [-0.2, 0) is 9.59 Å². The highest BCUT2D eigenvalue weighted by atomic mass is 16.4. The first-order valence-corrected chi connectivity index (χ1v) is 13.3. The van der Waals surface area contributed by atoms with Crippen LogP contribution in [0.2, 0.25) is 0 Å². The van der Waals surface area contributed by atoms with E-state index in [-0.39, 0.29) is 24.6 Å². The number of carbonyl (C=O) groups is 2. The van der Waals surface area contributed by atoms with E-state index in [0.29, 0.717) is 23.6 Å². The predicted octanol–water partition coefficient (Wildman–Crippen LogP) is 2.66. The van der Waals surface area contributed by atoms with Crippen molar-refractivity contribution < 1.29 is 14.0 Å². The first kappa shape index (κ1) is 28.0. The fraction of sp³-hybridized carbons (Fsp3) is 0.500. The van der Waals surface area contributed by atoms with E-state index in [0.717, 1.165) is 23.6 Å². The molecule has 11 heteroatoms. The molecule has 2 aromatic heterocycles. The van der Waals surface area contributed by atoms with Gasteiger partial charge in [-0.3, -0.25) is 14.6 Å². The van der Waals surface area contributed by atoms with Gasteiger partial charge in [-0.25, -0.2) is 4.79 Å². The van der Waals surface area contributed by atoms with Crippen molar-refractivity contribution in [2.75, 3.05) is 33.0 Å². The van der Waals surface area contributed by atoms with Crippen molar-refractivity contribution in [3.8, 4) is 6.07 Å². The van der Waals surface area contributed by atoms with Gasteiger partial charge in [0, 0.05) is 50.9 Å². The lowest BCUT2D eigenvalue weighted by molar-refractivity contribution is -0.129. The summed E-state index contributed by atoms with van der Waals surface area (Å²) in [5, 5.41) is 17.9. The summed E-state index contributed by atoms with van der Waals surface area (Å²) in [6.45, 7) is 0.395. The molecule has 0 saturated heterocycles. The molecule has 2 atom stereocenters. The van der Waals surface area contributed by atoms with Gasteiger partial charge in [0.1, 0.15) is 23.5 Å². The maximum atomic E-state index is 13.5. The van der Waals surface area contributed by atoms with Gasteiger partial charge in [0.15, 0.2) is 0 Å². The van der Waals surface area contributed by atoms with Crippen molar-refractivity contribution in [1.82, 2.24) is 25.1 Å². The van der Waals surface area contributed by atoms with Crippen LogP contribution in [0.3, 0.4) is 0 Å². The third-order valence-electron chi connectivity index (χ3n) is 7.31. The van der Waals surface area contributed by atoms with Gasteiger partial charge < -0.3 is 24.9 Å². The monoisotopic (exact) mass is 533 g/mol. The van der Waals surface area contributed by atoms with E-state index >= 15 is 0 Å². The number of fused-ring (bicyclic) bond motifs is 2. The van der Waals surface area contributed by atoms with Gasteiger partial charge in [0.25, 0.3) is 0 Å². The number of nitrogens with zero attached hydrogens (tertiary/aromatic N) is 5. The lowest BCUT2D eigenvalue weighted by Crippen LogP contribution is -2.50. The molecule has 0 bridgehead atoms. The van der Waals surface area contributed by atoms with Crippen LogP contribution < -0.4 is 16.4 Å². The van der Waals surface area contributed by atoms with E-state index < -0.39 is 23.7 Å². The molecule has 1 aliphatic carbocycles. The second kappa shape index (κ2) is 12.7. The number of nitrogens with one attached hydrogen (secondary N) is 2. The quantitative estimate of drug-likeness (QED) is 0.376. The summed E-state index contributed by atoms with van der Waals surface area (Å²) in [7, 11) is 5.28. The Morgan fingerprint density at radius 2 is 1.95 bits per heavy atom. The van der Waals surface area contributed by atoms with Crippen LogP contribution in [0.5, 0.6) is 0 Å². The topological polar surface area (TPSA) is 144 Å². The van der Waals surface area contributed by atoms with Crippen LogP contribution in [-0.4, -0.2) is 77.4 Å². The molecular formula is C28H35N7O4. The molecule has 206 valence electrons. The Morgan fingerprint density at radius 1 is 1.18 bits per heavy atom. The summed E-state index contributed by atoms with van der Waals surface area (Å²) in [5.41, 5.74) is 0.297. The maximum Gasteiger partial charge on any atom is 0.441 e. The van der Waals surface area contributed by atoms with Crippen LogP contribution in [0.4, 0.5) is 5.82 Å². The van der Waals surface area contributed by atoms with Crippen LogP contribution in [0.1, 0.15) is 44.9 Å². The molecule has 1 aliphatic rings. The van der Waals surface area contributed by atoms with Crippen molar-refractivity contribution >= 4 is 39.4 Å². The van der Waals surface area contributed by atoms with E-state index in [1.54, 1.807) is 32.6 Å². The highest BCUT2D eigenvalue weighted by Crippen LogP contribution is 2.26. The average Bonchev–Trinajstić information content (AvgIpc) is 2.93. The minimum Gasteiger partial charge on any atom is -0.408 e. The number of aromatic nitrogens is 2. The molecule has 1 fully saturated rings. The summed E-state index contributed by atoms with van der Waals surface area (Å²) in [5.74, 6) is -1.24. The van der Waals surface area contributed by atoms with Gasteiger partial charge in [-0.1, -0.05) is 19.3 Å². The molecule has 4 rings (SSSR count). The number of nitriles is 1. The van der Waals surface area contributed by atoms with Crippen LogP contribution in [0, 0.1) is 11.3 Å². The van der Waals surface area contributed by atoms with E-state index in [1.165, 1.54) is 24.2 Å². The lowest BCUT2D eigenvalue weighted by atomic mass is 9.94. The van der Waals surface area contributed by atoms with Crippen molar-refractivity contribution in [1.29, 1.82) is 5.26 Å². The number of rotatable bonds is 10. The smallest absolute Gasteiger partial charge is 0.408 e. The number of hydrogen-bond acceptors (Lipinski definition) is 9. The van der Waals surface area contributed by atoms with Crippen LogP contribution in [0.25, 0.3) is 21.7 Å². The average molecular weight is 534 g/mol. The Labute approximate surface area is 227 Å². The molecule has 0 aliphatic heterocycles. The van der Waals surface area contributed by atoms with Crippen molar-refractivity contribution in [2.45, 2.75) is 63.1 Å². The number of amides is 2. The predicted molar refractivity (Wildman–Crippen MR) is 148 cm³/mol.